The number of halogens is 2. The molecule has 194 valence electrons. The number of carboxylic acids is 1. The number of rotatable bonds is 8. The molecule has 0 bridgehead atoms. The average Bonchev–Trinajstić information content (AvgIpc) is 3.16. The quantitative estimate of drug-likeness (QED) is 0.210. The molecule has 3 aromatic carbocycles. The van der Waals surface area contributed by atoms with Crippen molar-refractivity contribution in [1.82, 2.24) is 0 Å². The molecule has 1 saturated heterocycles. The van der Waals surface area contributed by atoms with E-state index < -0.39 is 29.5 Å². The molecule has 1 amide bonds. The van der Waals surface area contributed by atoms with E-state index in [-0.39, 0.29) is 34.2 Å². The van der Waals surface area contributed by atoms with E-state index in [2.05, 4.69) is 0 Å². The normalized spacial score (nSPS) is 16.7. The molecule has 2 N–H and O–H groups in total. The molecule has 0 aromatic heterocycles. The third-order valence-electron chi connectivity index (χ3n) is 5.78. The smallest absolute Gasteiger partial charge is 0.328 e. The fourth-order valence-corrected chi connectivity index (χ4v) is 4.41. The van der Waals surface area contributed by atoms with E-state index in [1.165, 1.54) is 24.2 Å². The topological polar surface area (TPSA) is 113 Å². The van der Waals surface area contributed by atoms with Gasteiger partial charge >= 0.3 is 5.97 Å². The fraction of sp³-hybridized carbons (Fsp3) is 0.107. The summed E-state index contributed by atoms with van der Waals surface area (Å²) in [4.78, 5) is 39.0. The first kappa shape index (κ1) is 26.8. The van der Waals surface area contributed by atoms with Crippen molar-refractivity contribution in [3.63, 3.8) is 0 Å². The molecule has 1 heterocycles. The van der Waals surface area contributed by atoms with Gasteiger partial charge in [-0.1, -0.05) is 47.5 Å². The van der Waals surface area contributed by atoms with Gasteiger partial charge in [0.05, 0.1) is 29.4 Å². The molecule has 3 aromatic rings. The van der Waals surface area contributed by atoms with Crippen LogP contribution < -0.4 is 14.4 Å². The van der Waals surface area contributed by atoms with Crippen LogP contribution in [0, 0.1) is 0 Å². The number of aliphatic hydroxyl groups excluding tert-OH is 1. The standard InChI is InChI=1S/C28H21Cl2NO7/c1-37-18-12-13-21(22(15-18)38-14-4-7-23(32)33)31-25(16-8-10-17(29)11-9-16)24(27(35)28(31)36)26(34)19-5-2-3-6-20(19)30/h2-13,15,25,34H,14H2,1H3,(H,32,33)/b7-4+,26-24?. The zero-order valence-corrected chi connectivity index (χ0v) is 21.4. The highest BCUT2D eigenvalue weighted by atomic mass is 35.5. The lowest BCUT2D eigenvalue weighted by molar-refractivity contribution is -0.132. The second-order valence-electron chi connectivity index (χ2n) is 8.09. The molecule has 1 unspecified atom stereocenters. The highest BCUT2D eigenvalue weighted by molar-refractivity contribution is 6.52. The fourth-order valence-electron chi connectivity index (χ4n) is 4.06. The van der Waals surface area contributed by atoms with Gasteiger partial charge in [-0.05, 0) is 48.0 Å². The minimum absolute atomic E-state index is 0.137. The number of carbonyl (C=O) groups is 3. The number of nitrogens with zero attached hydrogens (tertiary/aromatic N) is 1. The number of benzene rings is 3. The van der Waals surface area contributed by atoms with Gasteiger partial charge in [-0.2, -0.15) is 0 Å². The van der Waals surface area contributed by atoms with Crippen molar-refractivity contribution in [2.75, 3.05) is 18.6 Å². The van der Waals surface area contributed by atoms with Crippen LogP contribution >= 0.6 is 23.2 Å². The average molecular weight is 554 g/mol. The Kier molecular flexibility index (Phi) is 8.05. The number of ketones is 1. The second-order valence-corrected chi connectivity index (χ2v) is 8.93. The second kappa shape index (κ2) is 11.4. The van der Waals surface area contributed by atoms with Crippen LogP contribution in [0.25, 0.3) is 5.76 Å². The molecule has 10 heteroatoms. The largest absolute Gasteiger partial charge is 0.507 e. The first-order valence-electron chi connectivity index (χ1n) is 11.2. The van der Waals surface area contributed by atoms with Gasteiger partial charge in [-0.25, -0.2) is 4.79 Å². The molecule has 0 aliphatic carbocycles. The van der Waals surface area contributed by atoms with Crippen molar-refractivity contribution in [2.24, 2.45) is 0 Å². The first-order chi connectivity index (χ1) is 18.2. The summed E-state index contributed by atoms with van der Waals surface area (Å²) in [5, 5.41) is 20.8. The van der Waals surface area contributed by atoms with Crippen LogP contribution in [0.2, 0.25) is 10.0 Å². The number of methoxy groups -OCH3 is 1. The van der Waals surface area contributed by atoms with Crippen LogP contribution in [0.1, 0.15) is 17.2 Å². The summed E-state index contributed by atoms with van der Waals surface area (Å²) in [6.45, 7) is -0.137. The maximum absolute atomic E-state index is 13.5. The minimum atomic E-state index is -1.15. The highest BCUT2D eigenvalue weighted by Crippen LogP contribution is 2.46. The summed E-state index contributed by atoms with van der Waals surface area (Å²) in [5.74, 6) is -2.85. The van der Waals surface area contributed by atoms with E-state index in [0.29, 0.717) is 16.3 Å². The van der Waals surface area contributed by atoms with Gasteiger partial charge in [0.15, 0.2) is 0 Å². The van der Waals surface area contributed by atoms with Crippen LogP contribution in [-0.4, -0.2) is 41.6 Å². The summed E-state index contributed by atoms with van der Waals surface area (Å²) >= 11 is 12.4. The zero-order valence-electron chi connectivity index (χ0n) is 19.9. The lowest BCUT2D eigenvalue weighted by Gasteiger charge is -2.27. The zero-order chi connectivity index (χ0) is 27.4. The van der Waals surface area contributed by atoms with E-state index in [1.807, 2.05) is 0 Å². The van der Waals surface area contributed by atoms with Gasteiger partial charge in [-0.3, -0.25) is 14.5 Å². The molecule has 1 fully saturated rings. The molecule has 1 aliphatic heterocycles. The van der Waals surface area contributed by atoms with Gasteiger partial charge in [0, 0.05) is 22.7 Å². The Morgan fingerprint density at radius 3 is 2.39 bits per heavy atom. The molecular weight excluding hydrogens is 533 g/mol. The van der Waals surface area contributed by atoms with Gasteiger partial charge in [0.1, 0.15) is 23.9 Å². The van der Waals surface area contributed by atoms with Crippen molar-refractivity contribution >= 4 is 52.3 Å². The van der Waals surface area contributed by atoms with Crippen molar-refractivity contribution in [1.29, 1.82) is 0 Å². The van der Waals surface area contributed by atoms with Crippen molar-refractivity contribution in [3.05, 3.63) is 106 Å². The number of amides is 1. The monoisotopic (exact) mass is 553 g/mol. The van der Waals surface area contributed by atoms with Crippen LogP contribution in [0.4, 0.5) is 5.69 Å². The lowest BCUT2D eigenvalue weighted by Crippen LogP contribution is -2.30. The molecule has 38 heavy (non-hydrogen) atoms. The Morgan fingerprint density at radius 2 is 1.74 bits per heavy atom. The molecule has 8 nitrogen and oxygen atoms in total. The Morgan fingerprint density at radius 1 is 1.03 bits per heavy atom. The number of carboxylic acid groups (broad SMARTS) is 1. The summed E-state index contributed by atoms with van der Waals surface area (Å²) in [5.41, 5.74) is 0.721. The predicted octanol–water partition coefficient (Wildman–Crippen LogP) is 5.65. The van der Waals surface area contributed by atoms with E-state index in [1.54, 1.807) is 60.7 Å². The van der Waals surface area contributed by atoms with E-state index >= 15 is 0 Å². The lowest BCUT2D eigenvalue weighted by atomic mass is 9.95. The van der Waals surface area contributed by atoms with E-state index in [4.69, 9.17) is 37.8 Å². The van der Waals surface area contributed by atoms with Crippen molar-refractivity contribution in [2.45, 2.75) is 6.04 Å². The van der Waals surface area contributed by atoms with Crippen LogP contribution in [0.15, 0.2) is 84.5 Å². The van der Waals surface area contributed by atoms with Gasteiger partial charge in [0.25, 0.3) is 11.7 Å². The Labute approximate surface area is 227 Å². The number of anilines is 1. The van der Waals surface area contributed by atoms with Gasteiger partial charge < -0.3 is 19.7 Å². The van der Waals surface area contributed by atoms with Crippen molar-refractivity contribution < 1.29 is 34.1 Å². The number of Topliss-reactive ketones (excluding diaryl/α,β-unsaturated/α-hetero) is 1. The summed E-state index contributed by atoms with van der Waals surface area (Å²) < 4.78 is 11.1. The third-order valence-corrected chi connectivity index (χ3v) is 6.36. The summed E-state index contributed by atoms with van der Waals surface area (Å²) in [6.07, 6.45) is 2.21. The number of hydrogen-bond donors (Lipinski definition) is 2. The van der Waals surface area contributed by atoms with E-state index in [9.17, 15) is 19.5 Å². The predicted molar refractivity (Wildman–Crippen MR) is 143 cm³/mol. The number of ether oxygens (including phenoxy) is 2. The molecule has 0 saturated carbocycles. The molecule has 4 rings (SSSR count). The van der Waals surface area contributed by atoms with Crippen LogP contribution in [0.5, 0.6) is 11.5 Å². The number of aliphatic hydroxyl groups is 1. The van der Waals surface area contributed by atoms with Gasteiger partial charge in [-0.15, -0.1) is 0 Å². The van der Waals surface area contributed by atoms with Crippen LogP contribution in [0.3, 0.4) is 0 Å². The molecule has 0 spiro atoms. The third kappa shape index (κ3) is 5.37. The Hall–Kier alpha value is -4.27. The molecule has 1 aliphatic rings. The maximum atomic E-state index is 13.5. The molecule has 0 radical (unpaired) electrons. The Balaban J connectivity index is 1.91. The number of hydrogen-bond acceptors (Lipinski definition) is 6. The Bertz CT molecular complexity index is 1460. The highest BCUT2D eigenvalue weighted by Gasteiger charge is 2.48. The number of aliphatic carboxylic acids is 1. The molecular formula is C28H21Cl2NO7. The minimum Gasteiger partial charge on any atom is -0.507 e. The van der Waals surface area contributed by atoms with E-state index in [0.717, 1.165) is 6.08 Å². The molecule has 1 atom stereocenters. The SMILES string of the molecule is COc1ccc(N2C(=O)C(=O)C(=C(O)c3ccccc3Cl)C2c2ccc(Cl)cc2)c(OC/C=C/C(=O)O)c1. The van der Waals surface area contributed by atoms with Crippen LogP contribution in [-0.2, 0) is 14.4 Å². The van der Waals surface area contributed by atoms with Crippen molar-refractivity contribution in [3.8, 4) is 11.5 Å². The summed E-state index contributed by atoms with van der Waals surface area (Å²) in [7, 11) is 1.45. The maximum Gasteiger partial charge on any atom is 0.328 e. The number of carbonyl (C=O) groups excluding carboxylic acids is 2. The van der Waals surface area contributed by atoms with Gasteiger partial charge in [0.2, 0.25) is 0 Å². The summed E-state index contributed by atoms with van der Waals surface area (Å²) in [6, 6.07) is 16.5. The first-order valence-corrected chi connectivity index (χ1v) is 12.0.